The highest BCUT2D eigenvalue weighted by Crippen LogP contribution is 2.26. The lowest BCUT2D eigenvalue weighted by Crippen LogP contribution is -2.25. The fourth-order valence-electron chi connectivity index (χ4n) is 2.25. The number of rotatable bonds is 8. The summed E-state index contributed by atoms with van der Waals surface area (Å²) in [6, 6.07) is 7.97. The van der Waals surface area contributed by atoms with Crippen LogP contribution in [0.1, 0.15) is 17.5 Å². The van der Waals surface area contributed by atoms with E-state index >= 15 is 0 Å². The molecule has 0 fully saturated rings. The first kappa shape index (κ1) is 17.0. The highest BCUT2D eigenvalue weighted by atomic mass is 35.5. The van der Waals surface area contributed by atoms with Crippen LogP contribution in [0.15, 0.2) is 49.8 Å². The van der Waals surface area contributed by atoms with Crippen molar-refractivity contribution in [3.8, 4) is 5.75 Å². The Kier molecular flexibility index (Phi) is 6.18. The van der Waals surface area contributed by atoms with Crippen molar-refractivity contribution >= 4 is 23.5 Å². The third-order valence-electron chi connectivity index (χ3n) is 3.45. The Balaban J connectivity index is 2.31. The second-order valence-corrected chi connectivity index (χ2v) is 5.31. The molecule has 1 heterocycles. The molecule has 0 atom stereocenters. The van der Waals surface area contributed by atoms with Gasteiger partial charge in [0.05, 0.1) is 12.7 Å². The van der Waals surface area contributed by atoms with Gasteiger partial charge < -0.3 is 9.64 Å². The summed E-state index contributed by atoms with van der Waals surface area (Å²) >= 11 is 6.16. The number of nitrogens with zero attached hydrogens (tertiary/aromatic N) is 3. The van der Waals surface area contributed by atoms with E-state index in [-0.39, 0.29) is 0 Å². The third kappa shape index (κ3) is 4.33. The highest BCUT2D eigenvalue weighted by Gasteiger charge is 2.14. The maximum absolute atomic E-state index is 6.16. The van der Waals surface area contributed by atoms with E-state index in [4.69, 9.17) is 16.3 Å². The fourth-order valence-corrected chi connectivity index (χ4v) is 2.46. The van der Waals surface area contributed by atoms with Gasteiger partial charge >= 0.3 is 0 Å². The summed E-state index contributed by atoms with van der Waals surface area (Å²) in [6.07, 6.45) is 5.89. The van der Waals surface area contributed by atoms with E-state index in [9.17, 15) is 0 Å². The molecule has 1 aromatic carbocycles. The van der Waals surface area contributed by atoms with Crippen LogP contribution in [0.3, 0.4) is 0 Å². The van der Waals surface area contributed by atoms with E-state index in [0.29, 0.717) is 11.7 Å². The minimum Gasteiger partial charge on any atom is -0.497 e. The number of hydrogen-bond donors (Lipinski definition) is 0. The van der Waals surface area contributed by atoms with Gasteiger partial charge in [-0.3, -0.25) is 0 Å². The predicted octanol–water partition coefficient (Wildman–Crippen LogP) is 4.36. The van der Waals surface area contributed by atoms with Crippen molar-refractivity contribution in [3.05, 3.63) is 66.1 Å². The Morgan fingerprint density at radius 2 is 1.96 bits per heavy atom. The Labute approximate surface area is 142 Å². The molecule has 0 aliphatic heterocycles. The highest BCUT2D eigenvalue weighted by molar-refractivity contribution is 6.31. The average Bonchev–Trinajstić information content (AvgIpc) is 2.59. The maximum Gasteiger partial charge on any atom is 0.141 e. The van der Waals surface area contributed by atoms with Gasteiger partial charge in [-0.2, -0.15) is 0 Å². The summed E-state index contributed by atoms with van der Waals surface area (Å²) in [4.78, 5) is 10.6. The Bertz CT molecular complexity index is 670. The topological polar surface area (TPSA) is 38.2 Å². The van der Waals surface area contributed by atoms with Gasteiger partial charge in [-0.1, -0.05) is 42.5 Å². The zero-order valence-electron chi connectivity index (χ0n) is 13.2. The van der Waals surface area contributed by atoms with Crippen LogP contribution in [-0.2, 0) is 6.54 Å². The normalized spacial score (nSPS) is 10.2. The summed E-state index contributed by atoms with van der Waals surface area (Å²) in [7, 11) is 1.66. The first-order valence-corrected chi connectivity index (χ1v) is 7.69. The lowest BCUT2D eigenvalue weighted by atomic mass is 10.2. The second-order valence-electron chi connectivity index (χ2n) is 4.95. The molecule has 0 saturated heterocycles. The van der Waals surface area contributed by atoms with Gasteiger partial charge in [0.2, 0.25) is 0 Å². The van der Waals surface area contributed by atoms with E-state index in [0.717, 1.165) is 35.7 Å². The minimum absolute atomic E-state index is 0.406. The average molecular weight is 330 g/mol. The number of hydrogen-bond acceptors (Lipinski definition) is 4. The van der Waals surface area contributed by atoms with E-state index < -0.39 is 0 Å². The largest absolute Gasteiger partial charge is 0.497 e. The minimum atomic E-state index is 0.406. The molecule has 0 amide bonds. The monoisotopic (exact) mass is 329 g/mol. The molecular formula is C18H20ClN3O. The number of anilines is 1. The van der Waals surface area contributed by atoms with Crippen LogP contribution in [0.4, 0.5) is 5.82 Å². The van der Waals surface area contributed by atoms with Crippen molar-refractivity contribution < 1.29 is 4.74 Å². The van der Waals surface area contributed by atoms with Crippen LogP contribution in [0.25, 0.3) is 6.08 Å². The van der Waals surface area contributed by atoms with E-state index in [1.807, 2.05) is 30.3 Å². The number of halogens is 1. The van der Waals surface area contributed by atoms with Crippen LogP contribution in [-0.4, -0.2) is 23.6 Å². The first-order valence-electron chi connectivity index (χ1n) is 7.31. The number of benzene rings is 1. The Hall–Kier alpha value is -2.33. The molecule has 0 spiro atoms. The molecule has 4 nitrogen and oxygen atoms in total. The summed E-state index contributed by atoms with van der Waals surface area (Å²) in [5, 5.41) is 0.406. The predicted molar refractivity (Wildman–Crippen MR) is 96.0 cm³/mol. The van der Waals surface area contributed by atoms with Crippen molar-refractivity contribution in [1.29, 1.82) is 0 Å². The molecule has 0 aliphatic carbocycles. The number of ether oxygens (including phenoxy) is 1. The summed E-state index contributed by atoms with van der Waals surface area (Å²) in [5.74, 6) is 1.61. The van der Waals surface area contributed by atoms with Gasteiger partial charge in [0, 0.05) is 13.1 Å². The molecule has 0 N–H and O–H groups in total. The lowest BCUT2D eigenvalue weighted by molar-refractivity contribution is 0.414. The third-order valence-corrected chi connectivity index (χ3v) is 3.75. The molecule has 2 aromatic rings. The van der Waals surface area contributed by atoms with Gasteiger partial charge in [-0.15, -0.1) is 6.58 Å². The van der Waals surface area contributed by atoms with Crippen molar-refractivity contribution in [3.63, 3.8) is 0 Å². The van der Waals surface area contributed by atoms with Gasteiger partial charge in [-0.25, -0.2) is 9.97 Å². The van der Waals surface area contributed by atoms with E-state index in [2.05, 4.69) is 28.0 Å². The number of methoxy groups -OCH3 is 1. The Morgan fingerprint density at radius 3 is 2.57 bits per heavy atom. The van der Waals surface area contributed by atoms with Crippen LogP contribution < -0.4 is 9.64 Å². The molecule has 0 bridgehead atoms. The summed E-state index contributed by atoms with van der Waals surface area (Å²) in [6.45, 7) is 9.09. The van der Waals surface area contributed by atoms with Crippen LogP contribution >= 0.6 is 11.6 Å². The molecule has 1 aromatic heterocycles. The van der Waals surface area contributed by atoms with Crippen molar-refractivity contribution in [2.45, 2.75) is 13.0 Å². The Morgan fingerprint density at radius 1 is 1.22 bits per heavy atom. The van der Waals surface area contributed by atoms with Gasteiger partial charge in [0.25, 0.3) is 0 Å². The summed E-state index contributed by atoms with van der Waals surface area (Å²) in [5.41, 5.74) is 1.89. The lowest BCUT2D eigenvalue weighted by Gasteiger charge is -2.25. The van der Waals surface area contributed by atoms with E-state index in [1.54, 1.807) is 13.2 Å². The molecule has 0 aliphatic rings. The number of aromatic nitrogens is 2. The molecular weight excluding hydrogens is 310 g/mol. The summed E-state index contributed by atoms with van der Waals surface area (Å²) < 4.78 is 5.20. The smallest absolute Gasteiger partial charge is 0.141 e. The molecule has 5 heteroatoms. The fraction of sp³-hybridized carbons (Fsp3) is 0.222. The molecule has 0 saturated carbocycles. The van der Waals surface area contributed by atoms with Crippen molar-refractivity contribution in [2.24, 2.45) is 0 Å². The standard InChI is InChI=1S/C18H20ClN3O/c1-4-6-11-22(12-14-7-9-15(23-3)10-8-14)18-16(5-2)17(19)20-13-21-18/h4-5,7-10,13H,1-2,6,11-12H2,3H3. The van der Waals surface area contributed by atoms with Crippen LogP contribution in [0, 0.1) is 0 Å². The van der Waals surface area contributed by atoms with Crippen LogP contribution in [0.2, 0.25) is 5.15 Å². The maximum atomic E-state index is 6.16. The molecule has 120 valence electrons. The molecule has 23 heavy (non-hydrogen) atoms. The zero-order chi connectivity index (χ0) is 16.7. The van der Waals surface area contributed by atoms with Crippen LogP contribution in [0.5, 0.6) is 5.75 Å². The quantitative estimate of drug-likeness (QED) is 0.532. The van der Waals surface area contributed by atoms with Gasteiger partial charge in [0.1, 0.15) is 23.0 Å². The second kappa shape index (κ2) is 8.34. The van der Waals surface area contributed by atoms with Crippen molar-refractivity contribution in [1.82, 2.24) is 9.97 Å². The van der Waals surface area contributed by atoms with Crippen molar-refractivity contribution in [2.75, 3.05) is 18.6 Å². The van der Waals surface area contributed by atoms with Gasteiger partial charge in [0.15, 0.2) is 0 Å². The van der Waals surface area contributed by atoms with Gasteiger partial charge in [-0.05, 0) is 24.1 Å². The molecule has 2 rings (SSSR count). The first-order chi connectivity index (χ1) is 11.2. The van der Waals surface area contributed by atoms with E-state index in [1.165, 1.54) is 6.33 Å². The molecule has 0 radical (unpaired) electrons. The SMILES string of the molecule is C=CCCN(Cc1ccc(OC)cc1)c1ncnc(Cl)c1C=C. The zero-order valence-corrected chi connectivity index (χ0v) is 14.0. The molecule has 0 unspecified atom stereocenters.